The highest BCUT2D eigenvalue weighted by molar-refractivity contribution is 5.38. The zero-order chi connectivity index (χ0) is 20.0. The highest BCUT2D eigenvalue weighted by atomic mass is 16.3. The number of hydrogen-bond donors (Lipinski definition) is 1. The second-order valence-corrected chi connectivity index (χ2v) is 8.93. The quantitative estimate of drug-likeness (QED) is 0.837. The summed E-state index contributed by atoms with van der Waals surface area (Å²) in [6.45, 7) is 8.26. The average Bonchev–Trinajstić information content (AvgIpc) is 3.25. The van der Waals surface area contributed by atoms with Gasteiger partial charge in [-0.2, -0.15) is 5.10 Å². The zero-order valence-electron chi connectivity index (χ0n) is 17.6. The monoisotopic (exact) mass is 396 g/mol. The van der Waals surface area contributed by atoms with E-state index >= 15 is 0 Å². The lowest BCUT2D eigenvalue weighted by molar-refractivity contribution is 0.165. The minimum absolute atomic E-state index is 0.259. The zero-order valence-corrected chi connectivity index (χ0v) is 17.6. The Labute approximate surface area is 172 Å². The molecule has 2 aromatic heterocycles. The Kier molecular flexibility index (Phi) is 5.04. The summed E-state index contributed by atoms with van der Waals surface area (Å²) in [5, 5.41) is 14.2. The summed E-state index contributed by atoms with van der Waals surface area (Å²) in [5.41, 5.74) is 5.05. The summed E-state index contributed by atoms with van der Waals surface area (Å²) >= 11 is 0. The van der Waals surface area contributed by atoms with Gasteiger partial charge in [-0.1, -0.05) is 0 Å². The van der Waals surface area contributed by atoms with Gasteiger partial charge < -0.3 is 10.0 Å². The number of aliphatic hydroxyl groups excluding tert-OH is 1. The normalized spacial score (nSPS) is 26.7. The summed E-state index contributed by atoms with van der Waals surface area (Å²) in [7, 11) is 0. The molecule has 2 saturated heterocycles. The van der Waals surface area contributed by atoms with Gasteiger partial charge in [0.25, 0.3) is 0 Å². The highest BCUT2D eigenvalue weighted by Gasteiger charge is 2.41. The number of aliphatic hydroxyl groups is 1. The molecule has 5 rings (SSSR count). The van der Waals surface area contributed by atoms with Gasteiger partial charge in [0.2, 0.25) is 5.95 Å². The number of rotatable bonds is 5. The SMILES string of the molecule is CCn1cc(CN2C3CCC2c2cnc(N4CCCC(CO)C4)nc2C3)c(C)n1. The number of piperidine rings is 1. The molecule has 2 fully saturated rings. The minimum Gasteiger partial charge on any atom is -0.396 e. The second kappa shape index (κ2) is 7.69. The molecule has 3 aliphatic heterocycles. The predicted octanol–water partition coefficient (Wildman–Crippen LogP) is 2.47. The van der Waals surface area contributed by atoms with Crippen molar-refractivity contribution >= 4 is 5.95 Å². The molecule has 0 aromatic carbocycles. The van der Waals surface area contributed by atoms with Crippen molar-refractivity contribution in [2.24, 2.45) is 5.92 Å². The van der Waals surface area contributed by atoms with Crippen molar-refractivity contribution in [3.63, 3.8) is 0 Å². The van der Waals surface area contributed by atoms with Crippen LogP contribution >= 0.6 is 0 Å². The summed E-state index contributed by atoms with van der Waals surface area (Å²) in [6.07, 6.45) is 9.94. The number of fused-ring (bicyclic) bond motifs is 4. The Morgan fingerprint density at radius 2 is 2.14 bits per heavy atom. The van der Waals surface area contributed by atoms with Gasteiger partial charge in [-0.15, -0.1) is 0 Å². The first kappa shape index (κ1) is 19.0. The van der Waals surface area contributed by atoms with E-state index in [1.807, 2.05) is 4.68 Å². The fraction of sp³-hybridized carbons (Fsp3) is 0.682. The first-order valence-corrected chi connectivity index (χ1v) is 11.2. The molecule has 0 aliphatic carbocycles. The maximum Gasteiger partial charge on any atom is 0.225 e. The van der Waals surface area contributed by atoms with E-state index in [2.05, 4.69) is 41.1 Å². The van der Waals surface area contributed by atoms with Crippen LogP contribution < -0.4 is 4.90 Å². The second-order valence-electron chi connectivity index (χ2n) is 8.93. The summed E-state index contributed by atoms with van der Waals surface area (Å²) in [5.74, 6) is 1.21. The third-order valence-electron chi connectivity index (χ3n) is 7.10. The van der Waals surface area contributed by atoms with Gasteiger partial charge in [-0.3, -0.25) is 9.58 Å². The Morgan fingerprint density at radius 1 is 1.24 bits per heavy atom. The largest absolute Gasteiger partial charge is 0.396 e. The molecule has 0 amide bonds. The van der Waals surface area contributed by atoms with Gasteiger partial charge in [0, 0.05) is 74.8 Å². The smallest absolute Gasteiger partial charge is 0.225 e. The van der Waals surface area contributed by atoms with Gasteiger partial charge >= 0.3 is 0 Å². The van der Waals surface area contributed by atoms with Crippen molar-refractivity contribution in [1.82, 2.24) is 24.6 Å². The van der Waals surface area contributed by atoms with Gasteiger partial charge in [0.1, 0.15) is 0 Å². The molecule has 1 N–H and O–H groups in total. The summed E-state index contributed by atoms with van der Waals surface area (Å²) in [6, 6.07) is 0.986. The van der Waals surface area contributed by atoms with Crippen LogP contribution in [0.3, 0.4) is 0 Å². The topological polar surface area (TPSA) is 70.3 Å². The minimum atomic E-state index is 0.259. The molecule has 0 spiro atoms. The van der Waals surface area contributed by atoms with Crippen molar-refractivity contribution in [3.05, 3.63) is 34.9 Å². The van der Waals surface area contributed by atoms with Gasteiger partial charge in [-0.25, -0.2) is 9.97 Å². The summed E-state index contributed by atoms with van der Waals surface area (Å²) < 4.78 is 2.04. The van der Waals surface area contributed by atoms with Gasteiger partial charge in [-0.05, 0) is 45.4 Å². The third-order valence-corrected chi connectivity index (χ3v) is 7.10. The van der Waals surface area contributed by atoms with Gasteiger partial charge in [0.15, 0.2) is 0 Å². The number of anilines is 1. The molecule has 2 bridgehead atoms. The van der Waals surface area contributed by atoms with E-state index in [1.165, 1.54) is 29.7 Å². The Bertz CT molecular complexity index is 880. The number of nitrogens with zero attached hydrogens (tertiary/aromatic N) is 6. The lowest BCUT2D eigenvalue weighted by atomic mass is 9.98. The average molecular weight is 397 g/mol. The van der Waals surface area contributed by atoms with E-state index in [-0.39, 0.29) is 6.61 Å². The van der Waals surface area contributed by atoms with Crippen LogP contribution in [0.15, 0.2) is 12.4 Å². The Balaban J connectivity index is 1.37. The maximum atomic E-state index is 9.53. The van der Waals surface area contributed by atoms with E-state index in [9.17, 15) is 5.11 Å². The van der Waals surface area contributed by atoms with Crippen LogP contribution in [0.5, 0.6) is 0 Å². The number of hydrogen-bond acceptors (Lipinski definition) is 6. The molecule has 7 nitrogen and oxygen atoms in total. The molecule has 5 heterocycles. The van der Waals surface area contributed by atoms with Crippen LogP contribution in [0.25, 0.3) is 0 Å². The van der Waals surface area contributed by atoms with E-state index in [1.54, 1.807) is 0 Å². The van der Waals surface area contributed by atoms with E-state index in [4.69, 9.17) is 9.97 Å². The van der Waals surface area contributed by atoms with Crippen LogP contribution in [-0.2, 0) is 19.5 Å². The molecule has 7 heteroatoms. The molecule has 0 saturated carbocycles. The number of aryl methyl sites for hydroxylation is 2. The molecular formula is C22H32N6O. The maximum absolute atomic E-state index is 9.53. The van der Waals surface area contributed by atoms with Crippen molar-refractivity contribution in [2.45, 2.75) is 71.1 Å². The lowest BCUT2D eigenvalue weighted by Gasteiger charge is -2.37. The fourth-order valence-corrected chi connectivity index (χ4v) is 5.43. The van der Waals surface area contributed by atoms with E-state index < -0.39 is 0 Å². The van der Waals surface area contributed by atoms with Crippen LogP contribution in [0, 0.1) is 12.8 Å². The molecule has 3 atom stereocenters. The van der Waals surface area contributed by atoms with Gasteiger partial charge in [0.05, 0.1) is 11.4 Å². The molecule has 29 heavy (non-hydrogen) atoms. The molecule has 156 valence electrons. The molecule has 3 unspecified atom stereocenters. The van der Waals surface area contributed by atoms with E-state index in [0.29, 0.717) is 18.0 Å². The summed E-state index contributed by atoms with van der Waals surface area (Å²) in [4.78, 5) is 14.7. The van der Waals surface area contributed by atoms with Crippen molar-refractivity contribution < 1.29 is 5.11 Å². The molecular weight excluding hydrogens is 364 g/mol. The molecule has 3 aliphatic rings. The fourth-order valence-electron chi connectivity index (χ4n) is 5.43. The Hall–Kier alpha value is -1.99. The van der Waals surface area contributed by atoms with Crippen molar-refractivity contribution in [2.75, 3.05) is 24.6 Å². The van der Waals surface area contributed by atoms with Crippen molar-refractivity contribution in [3.8, 4) is 0 Å². The Morgan fingerprint density at radius 3 is 2.93 bits per heavy atom. The predicted molar refractivity (Wildman–Crippen MR) is 112 cm³/mol. The van der Waals surface area contributed by atoms with Crippen LogP contribution in [-0.4, -0.2) is 55.5 Å². The standard InChI is InChI=1S/C22H32N6O/c1-3-27-12-17(15(2)25-27)13-28-18-6-7-21(28)19-10-23-22(24-20(19)9-18)26-8-4-5-16(11-26)14-29/h10,12,16,18,21,29H,3-9,11,13-14H2,1-2H3. The lowest BCUT2D eigenvalue weighted by Crippen LogP contribution is -2.40. The van der Waals surface area contributed by atoms with E-state index in [0.717, 1.165) is 57.1 Å². The first-order valence-electron chi connectivity index (χ1n) is 11.2. The third kappa shape index (κ3) is 3.44. The molecule has 0 radical (unpaired) electrons. The number of aromatic nitrogens is 4. The van der Waals surface area contributed by atoms with Crippen LogP contribution in [0.2, 0.25) is 0 Å². The van der Waals surface area contributed by atoms with Crippen LogP contribution in [0.4, 0.5) is 5.95 Å². The molecule has 2 aromatic rings. The highest BCUT2D eigenvalue weighted by Crippen LogP contribution is 2.44. The van der Waals surface area contributed by atoms with Crippen molar-refractivity contribution in [1.29, 1.82) is 0 Å². The first-order chi connectivity index (χ1) is 14.2. The van der Waals surface area contributed by atoms with Crippen LogP contribution in [0.1, 0.15) is 61.2 Å².